The van der Waals surface area contributed by atoms with Gasteiger partial charge >= 0.3 is 0 Å². The monoisotopic (exact) mass is 437 g/mol. The largest absolute Gasteiger partial charge is 0.339 e. The molecule has 31 heavy (non-hydrogen) atoms. The normalized spacial score (nSPS) is 14.5. The van der Waals surface area contributed by atoms with Crippen molar-refractivity contribution in [3.05, 3.63) is 71.5 Å². The molecular weight excluding hydrogens is 414 g/mol. The Labute approximate surface area is 186 Å². The zero-order valence-electron chi connectivity index (χ0n) is 17.3. The van der Waals surface area contributed by atoms with E-state index in [0.717, 1.165) is 37.8 Å². The number of Topliss-reactive ketones (excluding diaryl/α,β-unsaturated/α-hetero) is 1. The van der Waals surface area contributed by atoms with Crippen molar-refractivity contribution >= 4 is 34.9 Å². The number of hydrogen-bond donors (Lipinski definition) is 1. The number of hydrogen-bond acceptors (Lipinski definition) is 5. The number of aromatic nitrogens is 2. The van der Waals surface area contributed by atoms with Crippen LogP contribution >= 0.6 is 11.6 Å². The molecule has 1 aliphatic rings. The van der Waals surface area contributed by atoms with Crippen LogP contribution in [0.5, 0.6) is 0 Å². The Balaban J connectivity index is 1.32. The summed E-state index contributed by atoms with van der Waals surface area (Å²) in [6.07, 6.45) is 3.71. The van der Waals surface area contributed by atoms with Gasteiger partial charge in [-0.05, 0) is 49.4 Å². The fraction of sp³-hybridized carbons (Fsp3) is 0.261. The molecule has 2 aromatic carbocycles. The number of nitrogens with one attached hydrogen (secondary N) is 1. The molecule has 7 nitrogen and oxygen atoms in total. The van der Waals surface area contributed by atoms with E-state index in [9.17, 15) is 9.59 Å². The van der Waals surface area contributed by atoms with Crippen molar-refractivity contribution < 1.29 is 9.59 Å². The Hall–Kier alpha value is -3.16. The van der Waals surface area contributed by atoms with Crippen molar-refractivity contribution in [2.24, 2.45) is 0 Å². The van der Waals surface area contributed by atoms with Gasteiger partial charge in [-0.15, -0.1) is 0 Å². The van der Waals surface area contributed by atoms with Gasteiger partial charge in [-0.2, -0.15) is 0 Å². The molecule has 3 aromatic rings. The number of anilines is 2. The SMILES string of the molecule is CC(=O)c1ccc(NC(=O)CN2CCN(c3nccn3-c3cccc(Cl)c3)CC2)cc1. The molecule has 1 amide bonds. The van der Waals surface area contributed by atoms with Gasteiger partial charge in [0.25, 0.3) is 0 Å². The predicted molar refractivity (Wildman–Crippen MR) is 122 cm³/mol. The van der Waals surface area contributed by atoms with Gasteiger partial charge < -0.3 is 10.2 Å². The highest BCUT2D eigenvalue weighted by Gasteiger charge is 2.22. The third-order valence-corrected chi connectivity index (χ3v) is 5.54. The minimum Gasteiger partial charge on any atom is -0.339 e. The number of halogens is 1. The van der Waals surface area contributed by atoms with E-state index >= 15 is 0 Å². The van der Waals surface area contributed by atoms with E-state index < -0.39 is 0 Å². The number of carbonyl (C=O) groups excluding carboxylic acids is 2. The van der Waals surface area contributed by atoms with Crippen LogP contribution in [0.3, 0.4) is 0 Å². The third-order valence-electron chi connectivity index (χ3n) is 5.31. The maximum Gasteiger partial charge on any atom is 0.238 e. The molecule has 4 rings (SSSR count). The lowest BCUT2D eigenvalue weighted by molar-refractivity contribution is -0.117. The molecule has 160 valence electrons. The van der Waals surface area contributed by atoms with Crippen molar-refractivity contribution in [2.45, 2.75) is 6.92 Å². The zero-order chi connectivity index (χ0) is 21.8. The number of rotatable bonds is 6. The summed E-state index contributed by atoms with van der Waals surface area (Å²) in [6, 6.07) is 14.6. The second-order valence-corrected chi connectivity index (χ2v) is 7.96. The van der Waals surface area contributed by atoms with E-state index in [0.29, 0.717) is 22.8 Å². The minimum atomic E-state index is -0.0653. The molecule has 1 N–H and O–H groups in total. The van der Waals surface area contributed by atoms with Crippen LogP contribution in [0.1, 0.15) is 17.3 Å². The number of ketones is 1. The maximum atomic E-state index is 12.4. The number of imidazole rings is 1. The average molecular weight is 438 g/mol. The van der Waals surface area contributed by atoms with Crippen LogP contribution in [0, 0.1) is 0 Å². The van der Waals surface area contributed by atoms with Crippen LogP contribution in [0.4, 0.5) is 11.6 Å². The van der Waals surface area contributed by atoms with E-state index in [1.165, 1.54) is 6.92 Å². The molecule has 1 aliphatic heterocycles. The quantitative estimate of drug-likeness (QED) is 0.598. The van der Waals surface area contributed by atoms with Crippen molar-refractivity contribution in [1.29, 1.82) is 0 Å². The molecule has 0 aliphatic carbocycles. The molecule has 1 fully saturated rings. The van der Waals surface area contributed by atoms with E-state index in [-0.39, 0.29) is 11.7 Å². The van der Waals surface area contributed by atoms with Gasteiger partial charge in [0.1, 0.15) is 0 Å². The van der Waals surface area contributed by atoms with Crippen LogP contribution < -0.4 is 10.2 Å². The first-order valence-electron chi connectivity index (χ1n) is 10.2. The molecule has 1 saturated heterocycles. The van der Waals surface area contributed by atoms with Crippen LogP contribution in [-0.4, -0.2) is 58.9 Å². The molecule has 0 atom stereocenters. The second kappa shape index (κ2) is 9.32. The first-order chi connectivity index (χ1) is 15.0. The van der Waals surface area contributed by atoms with Crippen molar-refractivity contribution in [1.82, 2.24) is 14.5 Å². The Morgan fingerprint density at radius 3 is 2.48 bits per heavy atom. The Kier molecular flexibility index (Phi) is 6.34. The highest BCUT2D eigenvalue weighted by atomic mass is 35.5. The maximum absolute atomic E-state index is 12.4. The molecule has 8 heteroatoms. The molecule has 0 bridgehead atoms. The Morgan fingerprint density at radius 1 is 1.06 bits per heavy atom. The first-order valence-corrected chi connectivity index (χ1v) is 10.5. The highest BCUT2D eigenvalue weighted by molar-refractivity contribution is 6.30. The fourth-order valence-corrected chi connectivity index (χ4v) is 3.84. The lowest BCUT2D eigenvalue weighted by atomic mass is 10.1. The summed E-state index contributed by atoms with van der Waals surface area (Å²) in [6.45, 7) is 4.92. The average Bonchev–Trinajstić information content (AvgIpc) is 3.24. The summed E-state index contributed by atoms with van der Waals surface area (Å²) >= 11 is 6.14. The van der Waals surface area contributed by atoms with Crippen LogP contribution in [0.25, 0.3) is 5.69 Å². The molecule has 0 radical (unpaired) electrons. The lowest BCUT2D eigenvalue weighted by Crippen LogP contribution is -2.49. The number of nitrogens with zero attached hydrogens (tertiary/aromatic N) is 4. The number of piperazine rings is 1. The molecule has 1 aromatic heterocycles. The topological polar surface area (TPSA) is 70.5 Å². The summed E-state index contributed by atoms with van der Waals surface area (Å²) in [5.41, 5.74) is 2.29. The highest BCUT2D eigenvalue weighted by Crippen LogP contribution is 2.22. The van der Waals surface area contributed by atoms with Crippen LogP contribution in [-0.2, 0) is 4.79 Å². The lowest BCUT2D eigenvalue weighted by Gasteiger charge is -2.35. The number of carbonyl (C=O) groups is 2. The third kappa shape index (κ3) is 5.13. The van der Waals surface area contributed by atoms with E-state index in [2.05, 4.69) is 20.1 Å². The van der Waals surface area contributed by atoms with Crippen molar-refractivity contribution in [3.63, 3.8) is 0 Å². The summed E-state index contributed by atoms with van der Waals surface area (Å²) in [4.78, 5) is 32.7. The molecule has 0 unspecified atom stereocenters. The molecule has 0 saturated carbocycles. The van der Waals surface area contributed by atoms with Crippen LogP contribution in [0.2, 0.25) is 5.02 Å². The minimum absolute atomic E-state index is 0.00624. The fourth-order valence-electron chi connectivity index (χ4n) is 3.65. The molecule has 2 heterocycles. The van der Waals surface area contributed by atoms with Gasteiger partial charge in [-0.3, -0.25) is 19.1 Å². The van der Waals surface area contributed by atoms with E-state index in [1.54, 1.807) is 30.5 Å². The number of benzene rings is 2. The van der Waals surface area contributed by atoms with Gasteiger partial charge in [-0.25, -0.2) is 4.98 Å². The first kappa shape index (κ1) is 21.1. The zero-order valence-corrected chi connectivity index (χ0v) is 18.0. The van der Waals surface area contributed by atoms with Gasteiger partial charge in [0.2, 0.25) is 11.9 Å². The Morgan fingerprint density at radius 2 is 1.81 bits per heavy atom. The smallest absolute Gasteiger partial charge is 0.238 e. The predicted octanol–water partition coefficient (Wildman–Crippen LogP) is 3.49. The van der Waals surface area contributed by atoms with Crippen molar-refractivity contribution in [3.8, 4) is 5.69 Å². The molecule has 0 spiro atoms. The van der Waals surface area contributed by atoms with E-state index in [4.69, 9.17) is 11.6 Å². The second-order valence-electron chi connectivity index (χ2n) is 7.52. The van der Waals surface area contributed by atoms with E-state index in [1.807, 2.05) is 35.0 Å². The number of amides is 1. The van der Waals surface area contributed by atoms with Gasteiger partial charge in [-0.1, -0.05) is 17.7 Å². The van der Waals surface area contributed by atoms with Crippen LogP contribution in [0.15, 0.2) is 60.9 Å². The van der Waals surface area contributed by atoms with Gasteiger partial charge in [0.15, 0.2) is 5.78 Å². The summed E-state index contributed by atoms with van der Waals surface area (Å²) < 4.78 is 2.03. The molecular formula is C23H24ClN5O2. The Bertz CT molecular complexity index is 1070. The summed E-state index contributed by atoms with van der Waals surface area (Å²) in [7, 11) is 0. The van der Waals surface area contributed by atoms with Crippen molar-refractivity contribution in [2.75, 3.05) is 42.9 Å². The van der Waals surface area contributed by atoms with Gasteiger partial charge in [0.05, 0.1) is 6.54 Å². The summed E-state index contributed by atoms with van der Waals surface area (Å²) in [5.74, 6) is 0.813. The van der Waals surface area contributed by atoms with Gasteiger partial charge in [0, 0.05) is 60.5 Å². The standard InChI is InChI=1S/C23H24ClN5O2/c1-17(30)18-5-7-20(8-6-18)26-22(31)16-27-11-13-28(14-12-27)23-25-9-10-29(23)21-4-2-3-19(24)15-21/h2-10,15H,11-14,16H2,1H3,(H,26,31). The summed E-state index contributed by atoms with van der Waals surface area (Å²) in [5, 5.41) is 3.58.